The third kappa shape index (κ3) is 3.48. The summed E-state index contributed by atoms with van der Waals surface area (Å²) in [5.74, 6) is 5.54. The van der Waals surface area contributed by atoms with Crippen molar-refractivity contribution in [3.8, 4) is 11.8 Å². The van der Waals surface area contributed by atoms with Crippen LogP contribution in [0.15, 0.2) is 34.2 Å². The van der Waals surface area contributed by atoms with Crippen LogP contribution in [0.5, 0.6) is 0 Å². The molecule has 0 radical (unpaired) electrons. The highest BCUT2D eigenvalue weighted by Crippen LogP contribution is 2.26. The Morgan fingerprint density at radius 3 is 2.83 bits per heavy atom. The number of aromatic nitrogens is 3. The van der Waals surface area contributed by atoms with Gasteiger partial charge in [-0.1, -0.05) is 23.6 Å². The van der Waals surface area contributed by atoms with Crippen LogP contribution in [-0.4, -0.2) is 32.4 Å². The average molecular weight is 395 g/mol. The minimum absolute atomic E-state index is 0.189. The molecule has 0 amide bonds. The van der Waals surface area contributed by atoms with E-state index >= 15 is 0 Å². The van der Waals surface area contributed by atoms with Gasteiger partial charge in [-0.3, -0.25) is 4.79 Å². The summed E-state index contributed by atoms with van der Waals surface area (Å²) in [4.78, 5) is 28.0. The fraction of sp³-hybridized carbons (Fsp3) is 0.286. The van der Waals surface area contributed by atoms with Gasteiger partial charge in [0.15, 0.2) is 5.60 Å². The van der Waals surface area contributed by atoms with E-state index in [2.05, 4.69) is 28.6 Å². The lowest BCUT2D eigenvalue weighted by Gasteiger charge is -2.13. The molecule has 0 aliphatic rings. The van der Waals surface area contributed by atoms with Gasteiger partial charge in [0, 0.05) is 30.4 Å². The zero-order valence-electron chi connectivity index (χ0n) is 16.6. The molecule has 0 aromatic carbocycles. The smallest absolute Gasteiger partial charge is 0.340 e. The molecule has 0 unspecified atom stereocenters. The van der Waals surface area contributed by atoms with Crippen molar-refractivity contribution in [2.24, 2.45) is 7.05 Å². The molecule has 0 spiro atoms. The molecule has 1 atom stereocenters. The van der Waals surface area contributed by atoms with Gasteiger partial charge in [-0.15, -0.1) is 0 Å². The van der Waals surface area contributed by atoms with Gasteiger partial charge in [0.1, 0.15) is 17.0 Å². The predicted molar refractivity (Wildman–Crippen MR) is 106 cm³/mol. The number of carbonyl (C=O) groups is 1. The summed E-state index contributed by atoms with van der Waals surface area (Å²) in [6.07, 6.45) is 2.75. The number of aromatic amines is 1. The Balaban J connectivity index is 2.27. The number of esters is 1. The van der Waals surface area contributed by atoms with Gasteiger partial charge in [0.05, 0.1) is 17.7 Å². The maximum Gasteiger partial charge on any atom is 0.340 e. The van der Waals surface area contributed by atoms with Crippen LogP contribution in [0.4, 0.5) is 0 Å². The predicted octanol–water partition coefficient (Wildman–Crippen LogP) is 2.07. The highest BCUT2D eigenvalue weighted by Gasteiger charge is 2.27. The van der Waals surface area contributed by atoms with E-state index in [-0.39, 0.29) is 28.9 Å². The first kappa shape index (κ1) is 20.2. The van der Waals surface area contributed by atoms with Crippen LogP contribution < -0.4 is 5.56 Å². The van der Waals surface area contributed by atoms with Crippen molar-refractivity contribution < 1.29 is 19.2 Å². The highest BCUT2D eigenvalue weighted by atomic mass is 16.5. The molecule has 0 aliphatic heterocycles. The Morgan fingerprint density at radius 1 is 1.52 bits per heavy atom. The summed E-state index contributed by atoms with van der Waals surface area (Å²) < 4.78 is 11.5. The minimum atomic E-state index is -1.77. The van der Waals surface area contributed by atoms with Crippen molar-refractivity contribution in [2.45, 2.75) is 26.4 Å². The highest BCUT2D eigenvalue weighted by molar-refractivity contribution is 6.07. The Bertz CT molecular complexity index is 1230. The third-order valence-electron chi connectivity index (χ3n) is 4.49. The van der Waals surface area contributed by atoms with Crippen LogP contribution in [0.25, 0.3) is 10.9 Å². The van der Waals surface area contributed by atoms with E-state index in [1.54, 1.807) is 33.9 Å². The van der Waals surface area contributed by atoms with Crippen LogP contribution in [0.1, 0.15) is 40.0 Å². The van der Waals surface area contributed by atoms with Crippen molar-refractivity contribution in [1.82, 2.24) is 14.7 Å². The van der Waals surface area contributed by atoms with Gasteiger partial charge in [0.25, 0.3) is 5.56 Å². The van der Waals surface area contributed by atoms with Crippen LogP contribution in [0.2, 0.25) is 0 Å². The van der Waals surface area contributed by atoms with Crippen molar-refractivity contribution in [3.05, 3.63) is 63.5 Å². The molecular formula is C21H21N3O5. The number of nitrogens with zero attached hydrogens (tertiary/aromatic N) is 2. The molecule has 0 saturated heterocycles. The molecule has 8 heteroatoms. The van der Waals surface area contributed by atoms with E-state index in [9.17, 15) is 14.7 Å². The summed E-state index contributed by atoms with van der Waals surface area (Å²) in [7, 11) is 1.58. The van der Waals surface area contributed by atoms with E-state index in [4.69, 9.17) is 9.26 Å². The van der Waals surface area contributed by atoms with Crippen LogP contribution in [0.3, 0.4) is 0 Å². The van der Waals surface area contributed by atoms with Gasteiger partial charge in [0.2, 0.25) is 0 Å². The van der Waals surface area contributed by atoms with E-state index < -0.39 is 11.6 Å². The molecule has 8 nitrogen and oxygen atoms in total. The average Bonchev–Trinajstić information content (AvgIpc) is 3.27. The molecule has 3 aromatic heterocycles. The molecule has 0 bridgehead atoms. The third-order valence-corrected chi connectivity index (χ3v) is 4.49. The van der Waals surface area contributed by atoms with Gasteiger partial charge < -0.3 is 23.9 Å². The number of pyridine rings is 1. The lowest BCUT2D eigenvalue weighted by molar-refractivity contribution is 0.0528. The van der Waals surface area contributed by atoms with E-state index in [1.807, 2.05) is 0 Å². The largest absolute Gasteiger partial charge is 0.462 e. The molecule has 0 fully saturated rings. The first-order chi connectivity index (χ1) is 13.7. The summed E-state index contributed by atoms with van der Waals surface area (Å²) in [6, 6.07) is 1.55. The van der Waals surface area contributed by atoms with Crippen molar-refractivity contribution in [2.75, 3.05) is 6.61 Å². The number of hydrogen-bond acceptors (Lipinski definition) is 6. The molecule has 2 N–H and O–H groups in total. The number of aliphatic hydroxyl groups is 1. The quantitative estimate of drug-likeness (QED) is 0.398. The zero-order chi connectivity index (χ0) is 21.3. The Morgan fingerprint density at radius 2 is 2.24 bits per heavy atom. The monoisotopic (exact) mass is 395 g/mol. The molecule has 0 aliphatic carbocycles. The van der Waals surface area contributed by atoms with Crippen molar-refractivity contribution in [3.63, 3.8) is 0 Å². The number of nitrogens with one attached hydrogen (secondary N) is 1. The van der Waals surface area contributed by atoms with E-state index in [0.717, 1.165) is 0 Å². The Kier molecular flexibility index (Phi) is 5.18. The molecule has 3 rings (SSSR count). The molecular weight excluding hydrogens is 374 g/mol. The lowest BCUT2D eigenvalue weighted by Crippen LogP contribution is -2.21. The van der Waals surface area contributed by atoms with Crippen LogP contribution in [0, 0.1) is 25.7 Å². The molecule has 29 heavy (non-hydrogen) atoms. The number of rotatable bonds is 4. The Hall–Kier alpha value is -3.57. The van der Waals surface area contributed by atoms with Gasteiger partial charge in [-0.2, -0.15) is 0 Å². The molecule has 0 saturated carbocycles. The Labute approximate surface area is 166 Å². The first-order valence-electron chi connectivity index (χ1n) is 8.93. The molecule has 3 heterocycles. The number of aryl methyl sites for hydroxylation is 3. The van der Waals surface area contributed by atoms with Crippen LogP contribution >= 0.6 is 0 Å². The van der Waals surface area contributed by atoms with Gasteiger partial charge in [-0.25, -0.2) is 4.79 Å². The normalized spacial score (nSPS) is 12.9. The minimum Gasteiger partial charge on any atom is -0.462 e. The number of hydrogen-bond donors (Lipinski definition) is 2. The summed E-state index contributed by atoms with van der Waals surface area (Å²) in [5.41, 5.74) is -0.549. The number of fused-ring (bicyclic) bond motifs is 1. The topological polar surface area (TPSA) is 110 Å². The molecule has 3 aromatic rings. The standard InChI is InChI=1S/C21H21N3O5/c1-6-21(27,15-10-12(3)29-23-15)9-8-14-11-24(5)19(25)18-17(14)16(13(4)22-18)20(26)28-7-2/h6,10-11,22,27H,1,7H2,2-5H3/t21-/m0/s1. The maximum atomic E-state index is 12.6. The van der Waals surface area contributed by atoms with E-state index in [1.165, 1.54) is 16.8 Å². The number of carbonyl (C=O) groups excluding carboxylic acids is 1. The molecule has 150 valence electrons. The fourth-order valence-electron chi connectivity index (χ4n) is 3.03. The SMILES string of the molecule is C=C[C@](O)(C#Cc1cn(C)c(=O)c2[nH]c(C)c(C(=O)OCC)c12)c1cc(C)on1. The zero-order valence-corrected chi connectivity index (χ0v) is 16.6. The van der Waals surface area contributed by atoms with Gasteiger partial charge in [-0.05, 0) is 26.8 Å². The van der Waals surface area contributed by atoms with Gasteiger partial charge >= 0.3 is 5.97 Å². The van der Waals surface area contributed by atoms with Crippen molar-refractivity contribution >= 4 is 16.9 Å². The second-order valence-electron chi connectivity index (χ2n) is 6.60. The first-order valence-corrected chi connectivity index (χ1v) is 8.93. The van der Waals surface area contributed by atoms with Crippen molar-refractivity contribution in [1.29, 1.82) is 0 Å². The summed E-state index contributed by atoms with van der Waals surface area (Å²) in [6.45, 7) is 8.90. The van der Waals surface area contributed by atoms with E-state index in [0.29, 0.717) is 22.4 Å². The second kappa shape index (κ2) is 7.45. The number of ether oxygens (including phenoxy) is 1. The van der Waals surface area contributed by atoms with Crippen LogP contribution in [-0.2, 0) is 17.4 Å². The summed E-state index contributed by atoms with van der Waals surface area (Å²) in [5, 5.41) is 15.0. The summed E-state index contributed by atoms with van der Waals surface area (Å²) >= 11 is 0. The maximum absolute atomic E-state index is 12.6. The fourth-order valence-corrected chi connectivity index (χ4v) is 3.03. The lowest BCUT2D eigenvalue weighted by atomic mass is 9.99. The number of H-pyrrole nitrogens is 1. The second-order valence-corrected chi connectivity index (χ2v) is 6.60.